The lowest BCUT2D eigenvalue weighted by atomic mass is 10.0. The maximum atomic E-state index is 13.7. The molecule has 2 aliphatic rings. The summed E-state index contributed by atoms with van der Waals surface area (Å²) in [4.78, 5) is 38.3. The second-order valence-corrected chi connectivity index (χ2v) is 6.36. The number of hydrogen-bond acceptors (Lipinski definition) is 3. The zero-order valence-electron chi connectivity index (χ0n) is 13.7. The molecule has 3 amide bonds. The summed E-state index contributed by atoms with van der Waals surface area (Å²) < 4.78 is 27.0. The standard InChI is InChI=1S/C17H19F2N3O3/c1-2-4-12-17(25)22-8-9(7-13(22)16(24)21-12)20-15(23)10-5-3-6-11(18)14(10)19/h3,5-6,9,12-13H,2,4,7-8H2,1H3,(H,20,23)(H,21,24)/t9-,12-,13-/m0/s1. The molecule has 0 radical (unpaired) electrons. The van der Waals surface area contributed by atoms with E-state index in [0.29, 0.717) is 6.42 Å². The number of nitrogens with one attached hydrogen (secondary N) is 2. The van der Waals surface area contributed by atoms with Gasteiger partial charge in [0.25, 0.3) is 5.91 Å². The number of amides is 3. The fourth-order valence-electron chi connectivity index (χ4n) is 3.39. The number of nitrogens with zero attached hydrogens (tertiary/aromatic N) is 1. The number of hydrogen-bond donors (Lipinski definition) is 2. The summed E-state index contributed by atoms with van der Waals surface area (Å²) in [5, 5.41) is 5.30. The highest BCUT2D eigenvalue weighted by Gasteiger charge is 2.46. The van der Waals surface area contributed by atoms with Crippen LogP contribution in [-0.4, -0.2) is 47.3 Å². The van der Waals surface area contributed by atoms with Crippen molar-refractivity contribution in [2.75, 3.05) is 6.54 Å². The van der Waals surface area contributed by atoms with Gasteiger partial charge in [0, 0.05) is 12.6 Å². The van der Waals surface area contributed by atoms with Crippen LogP contribution >= 0.6 is 0 Å². The minimum absolute atomic E-state index is 0.167. The van der Waals surface area contributed by atoms with Crippen molar-refractivity contribution < 1.29 is 23.2 Å². The summed E-state index contributed by atoms with van der Waals surface area (Å²) in [6.07, 6.45) is 1.56. The Morgan fingerprint density at radius 3 is 2.84 bits per heavy atom. The molecule has 0 unspecified atom stereocenters. The van der Waals surface area contributed by atoms with Crippen LogP contribution in [0.2, 0.25) is 0 Å². The molecule has 0 spiro atoms. The molecule has 3 rings (SSSR count). The van der Waals surface area contributed by atoms with Crippen LogP contribution in [0.15, 0.2) is 18.2 Å². The predicted octanol–water partition coefficient (Wildman–Crippen LogP) is 0.963. The van der Waals surface area contributed by atoms with E-state index in [1.165, 1.54) is 17.0 Å². The van der Waals surface area contributed by atoms with Crippen LogP contribution in [0.4, 0.5) is 8.78 Å². The van der Waals surface area contributed by atoms with E-state index in [1.807, 2.05) is 6.92 Å². The fraction of sp³-hybridized carbons (Fsp3) is 0.471. The van der Waals surface area contributed by atoms with Crippen LogP contribution < -0.4 is 10.6 Å². The van der Waals surface area contributed by atoms with Crippen LogP contribution in [0.5, 0.6) is 0 Å². The van der Waals surface area contributed by atoms with Crippen molar-refractivity contribution in [3.8, 4) is 0 Å². The van der Waals surface area contributed by atoms with Gasteiger partial charge in [-0.3, -0.25) is 14.4 Å². The van der Waals surface area contributed by atoms with Gasteiger partial charge in [0.15, 0.2) is 11.6 Å². The van der Waals surface area contributed by atoms with Crippen LogP contribution in [-0.2, 0) is 9.59 Å². The summed E-state index contributed by atoms with van der Waals surface area (Å²) >= 11 is 0. The molecule has 0 bridgehead atoms. The quantitative estimate of drug-likeness (QED) is 0.848. The molecule has 1 aromatic carbocycles. The molecule has 2 N–H and O–H groups in total. The lowest BCUT2D eigenvalue weighted by molar-refractivity contribution is -0.147. The highest BCUT2D eigenvalue weighted by atomic mass is 19.2. The van der Waals surface area contributed by atoms with Gasteiger partial charge in [-0.15, -0.1) is 0 Å². The Morgan fingerprint density at radius 2 is 2.12 bits per heavy atom. The van der Waals surface area contributed by atoms with E-state index in [1.54, 1.807) is 0 Å². The number of fused-ring (bicyclic) bond motifs is 1. The first-order valence-corrected chi connectivity index (χ1v) is 8.28. The number of rotatable bonds is 4. The van der Waals surface area contributed by atoms with Gasteiger partial charge < -0.3 is 15.5 Å². The van der Waals surface area contributed by atoms with E-state index >= 15 is 0 Å². The molecule has 8 heteroatoms. The third kappa shape index (κ3) is 3.20. The molecule has 2 saturated heterocycles. The predicted molar refractivity (Wildman–Crippen MR) is 84.6 cm³/mol. The molecule has 0 aliphatic carbocycles. The van der Waals surface area contributed by atoms with Gasteiger partial charge in [-0.1, -0.05) is 19.4 Å². The summed E-state index contributed by atoms with van der Waals surface area (Å²) in [5.74, 6) is -3.49. The monoisotopic (exact) mass is 351 g/mol. The van der Waals surface area contributed by atoms with Gasteiger partial charge in [-0.25, -0.2) is 8.78 Å². The third-order valence-electron chi connectivity index (χ3n) is 4.61. The van der Waals surface area contributed by atoms with Gasteiger partial charge in [0.05, 0.1) is 5.56 Å². The number of halogens is 2. The first-order valence-electron chi connectivity index (χ1n) is 8.28. The molecule has 2 heterocycles. The van der Waals surface area contributed by atoms with Crippen molar-refractivity contribution in [3.63, 3.8) is 0 Å². The molecule has 134 valence electrons. The van der Waals surface area contributed by atoms with E-state index in [-0.39, 0.29) is 24.8 Å². The minimum atomic E-state index is -1.22. The number of carbonyl (C=O) groups is 3. The Kier molecular flexibility index (Phi) is 4.69. The van der Waals surface area contributed by atoms with Crippen molar-refractivity contribution in [3.05, 3.63) is 35.4 Å². The summed E-state index contributed by atoms with van der Waals surface area (Å²) in [6, 6.07) is 1.70. The molecular weight excluding hydrogens is 332 g/mol. The largest absolute Gasteiger partial charge is 0.347 e. The molecule has 2 aliphatic heterocycles. The molecule has 3 atom stereocenters. The van der Waals surface area contributed by atoms with E-state index in [0.717, 1.165) is 12.5 Å². The number of carbonyl (C=O) groups excluding carboxylic acids is 3. The molecule has 0 aromatic heterocycles. The number of piperazine rings is 1. The zero-order valence-corrected chi connectivity index (χ0v) is 13.7. The van der Waals surface area contributed by atoms with Crippen LogP contribution in [0.1, 0.15) is 36.5 Å². The fourth-order valence-corrected chi connectivity index (χ4v) is 3.39. The Balaban J connectivity index is 1.70. The van der Waals surface area contributed by atoms with E-state index in [2.05, 4.69) is 10.6 Å². The second kappa shape index (κ2) is 6.78. The molecule has 25 heavy (non-hydrogen) atoms. The lowest BCUT2D eigenvalue weighted by Gasteiger charge is -2.34. The maximum Gasteiger partial charge on any atom is 0.254 e. The van der Waals surface area contributed by atoms with Crippen LogP contribution in [0, 0.1) is 11.6 Å². The van der Waals surface area contributed by atoms with E-state index in [9.17, 15) is 23.2 Å². The summed E-state index contributed by atoms with van der Waals surface area (Å²) in [7, 11) is 0. The smallest absolute Gasteiger partial charge is 0.254 e. The Hall–Kier alpha value is -2.51. The van der Waals surface area contributed by atoms with Crippen molar-refractivity contribution in [2.45, 2.75) is 44.3 Å². The Bertz CT molecular complexity index is 725. The van der Waals surface area contributed by atoms with Gasteiger partial charge in [0.1, 0.15) is 12.1 Å². The zero-order chi connectivity index (χ0) is 18.1. The van der Waals surface area contributed by atoms with Gasteiger partial charge in [-0.2, -0.15) is 0 Å². The molecule has 0 saturated carbocycles. The van der Waals surface area contributed by atoms with Crippen molar-refractivity contribution >= 4 is 17.7 Å². The molecule has 6 nitrogen and oxygen atoms in total. The lowest BCUT2D eigenvalue weighted by Crippen LogP contribution is -2.61. The highest BCUT2D eigenvalue weighted by molar-refractivity contribution is 5.98. The second-order valence-electron chi connectivity index (χ2n) is 6.36. The average Bonchev–Trinajstić information content (AvgIpc) is 2.99. The maximum absolute atomic E-state index is 13.7. The minimum Gasteiger partial charge on any atom is -0.347 e. The SMILES string of the molecule is CCC[C@@H]1NC(=O)[C@@H]2C[C@H](NC(=O)c3cccc(F)c3F)CN2C1=O. The third-order valence-corrected chi connectivity index (χ3v) is 4.61. The van der Waals surface area contributed by atoms with E-state index < -0.39 is 41.2 Å². The Labute approximate surface area is 143 Å². The average molecular weight is 351 g/mol. The van der Waals surface area contributed by atoms with Crippen molar-refractivity contribution in [1.29, 1.82) is 0 Å². The highest BCUT2D eigenvalue weighted by Crippen LogP contribution is 2.24. The van der Waals surface area contributed by atoms with Crippen LogP contribution in [0.25, 0.3) is 0 Å². The number of benzene rings is 1. The first kappa shape index (κ1) is 17.3. The summed E-state index contributed by atoms with van der Waals surface area (Å²) in [5.41, 5.74) is -0.399. The first-order chi connectivity index (χ1) is 11.9. The normalized spacial score (nSPS) is 25.6. The van der Waals surface area contributed by atoms with Crippen molar-refractivity contribution in [1.82, 2.24) is 15.5 Å². The van der Waals surface area contributed by atoms with E-state index in [4.69, 9.17) is 0 Å². The molecule has 1 aromatic rings. The van der Waals surface area contributed by atoms with Gasteiger partial charge >= 0.3 is 0 Å². The van der Waals surface area contributed by atoms with Crippen LogP contribution in [0.3, 0.4) is 0 Å². The Morgan fingerprint density at radius 1 is 1.36 bits per heavy atom. The molecule has 2 fully saturated rings. The van der Waals surface area contributed by atoms with Crippen molar-refractivity contribution in [2.24, 2.45) is 0 Å². The van der Waals surface area contributed by atoms with Gasteiger partial charge in [-0.05, 0) is 25.0 Å². The topological polar surface area (TPSA) is 78.5 Å². The van der Waals surface area contributed by atoms with Gasteiger partial charge in [0.2, 0.25) is 11.8 Å². The molecular formula is C17H19F2N3O3. The summed E-state index contributed by atoms with van der Waals surface area (Å²) in [6.45, 7) is 2.10.